The number of nitrogens with two attached hydrogens (primary N) is 1. The average molecular weight is 372 g/mol. The molecule has 0 heterocycles. The van der Waals surface area contributed by atoms with E-state index in [-0.39, 0.29) is 27.3 Å². The second kappa shape index (κ2) is 6.17. The van der Waals surface area contributed by atoms with Gasteiger partial charge in [-0.1, -0.05) is 24.3 Å². The molecule has 3 unspecified atom stereocenters. The van der Waals surface area contributed by atoms with Gasteiger partial charge in [0.25, 0.3) is 5.69 Å². The Bertz CT molecular complexity index is 987. The van der Waals surface area contributed by atoms with Crippen molar-refractivity contribution in [3.8, 4) is 0 Å². The Morgan fingerprint density at radius 1 is 1.00 bits per heavy atom. The summed E-state index contributed by atoms with van der Waals surface area (Å²) in [6.07, 6.45) is 3.58. The zero-order valence-corrected chi connectivity index (χ0v) is 15.0. The second-order valence-corrected chi connectivity index (χ2v) is 8.85. The molecular weight excluding hydrogens is 352 g/mol. The summed E-state index contributed by atoms with van der Waals surface area (Å²) < 4.78 is 24.1. The van der Waals surface area contributed by atoms with Gasteiger partial charge in [-0.05, 0) is 66.2 Å². The SMILES string of the molecule is NS(=O)(=O)c1ccccc1C1C2CCC1Cc1cc([N+](=O)[O-])ccc1C2. The summed E-state index contributed by atoms with van der Waals surface area (Å²) in [7, 11) is -3.79. The van der Waals surface area contributed by atoms with Crippen molar-refractivity contribution in [2.75, 3.05) is 0 Å². The van der Waals surface area contributed by atoms with Crippen LogP contribution in [0.4, 0.5) is 5.69 Å². The summed E-state index contributed by atoms with van der Waals surface area (Å²) in [5.74, 6) is 0.702. The number of sulfonamides is 1. The van der Waals surface area contributed by atoms with Crippen molar-refractivity contribution in [2.24, 2.45) is 17.0 Å². The van der Waals surface area contributed by atoms with Crippen LogP contribution in [0.25, 0.3) is 0 Å². The van der Waals surface area contributed by atoms with E-state index in [1.54, 1.807) is 24.3 Å². The maximum absolute atomic E-state index is 12.1. The minimum Gasteiger partial charge on any atom is -0.258 e. The van der Waals surface area contributed by atoms with Gasteiger partial charge in [0.15, 0.2) is 0 Å². The number of fused-ring (bicyclic) bond motifs is 3. The Morgan fingerprint density at radius 2 is 1.65 bits per heavy atom. The first-order valence-electron chi connectivity index (χ1n) is 8.72. The number of primary sulfonamides is 1. The Labute approximate surface area is 152 Å². The van der Waals surface area contributed by atoms with Crippen LogP contribution in [0.1, 0.15) is 35.4 Å². The third-order valence-electron chi connectivity index (χ3n) is 5.87. The standard InChI is InChI=1S/C19H20N2O4S/c20-26(24,25)18-4-2-1-3-17(18)19-13-5-6-14(19)10-15-11-16(21(22)23)8-7-12(15)9-13/h1-4,7-8,11,13-14,19H,5-6,9-10H2,(H2,20,24,25). The molecule has 2 aromatic carbocycles. The Hall–Kier alpha value is -2.25. The van der Waals surface area contributed by atoms with Crippen LogP contribution in [0.5, 0.6) is 0 Å². The molecule has 1 saturated carbocycles. The third-order valence-corrected chi connectivity index (χ3v) is 6.86. The number of nitro groups is 1. The van der Waals surface area contributed by atoms with Gasteiger partial charge in [-0.25, -0.2) is 13.6 Å². The van der Waals surface area contributed by atoms with Crippen molar-refractivity contribution >= 4 is 15.7 Å². The van der Waals surface area contributed by atoms with Crippen molar-refractivity contribution < 1.29 is 13.3 Å². The van der Waals surface area contributed by atoms with Crippen molar-refractivity contribution in [2.45, 2.75) is 36.5 Å². The average Bonchev–Trinajstić information content (AvgIpc) is 2.88. The molecule has 0 spiro atoms. The topological polar surface area (TPSA) is 103 Å². The van der Waals surface area contributed by atoms with Crippen LogP contribution in [0.15, 0.2) is 47.4 Å². The highest BCUT2D eigenvalue weighted by Gasteiger charge is 2.41. The molecule has 6 nitrogen and oxygen atoms in total. The summed E-state index contributed by atoms with van der Waals surface area (Å²) in [4.78, 5) is 10.9. The summed E-state index contributed by atoms with van der Waals surface area (Å²) in [5, 5.41) is 16.5. The van der Waals surface area contributed by atoms with Crippen LogP contribution in [0.2, 0.25) is 0 Å². The number of rotatable bonds is 3. The number of non-ortho nitro benzene ring substituents is 1. The van der Waals surface area contributed by atoms with E-state index in [1.807, 2.05) is 18.2 Å². The first-order valence-corrected chi connectivity index (χ1v) is 10.3. The predicted octanol–water partition coefficient (Wildman–Crippen LogP) is 3.15. The number of hydrogen-bond acceptors (Lipinski definition) is 4. The smallest absolute Gasteiger partial charge is 0.258 e. The van der Waals surface area contributed by atoms with Crippen LogP contribution >= 0.6 is 0 Å². The maximum atomic E-state index is 12.1. The summed E-state index contributed by atoms with van der Waals surface area (Å²) >= 11 is 0. The fraction of sp³-hybridized carbons (Fsp3) is 0.368. The summed E-state index contributed by atoms with van der Waals surface area (Å²) in [6.45, 7) is 0. The lowest BCUT2D eigenvalue weighted by molar-refractivity contribution is -0.384. The molecule has 0 amide bonds. The van der Waals surface area contributed by atoms with Gasteiger partial charge in [0.05, 0.1) is 9.82 Å². The lowest BCUT2D eigenvalue weighted by Crippen LogP contribution is -2.20. The molecule has 26 heavy (non-hydrogen) atoms. The summed E-state index contributed by atoms with van der Waals surface area (Å²) in [5.41, 5.74) is 3.07. The van der Waals surface area contributed by atoms with Gasteiger partial charge in [0.2, 0.25) is 10.0 Å². The third kappa shape index (κ3) is 2.91. The molecule has 7 heteroatoms. The van der Waals surface area contributed by atoms with Crippen LogP contribution in [0.3, 0.4) is 0 Å². The van der Waals surface area contributed by atoms with E-state index in [9.17, 15) is 18.5 Å². The molecule has 2 aliphatic rings. The van der Waals surface area contributed by atoms with Gasteiger partial charge in [-0.2, -0.15) is 0 Å². The number of hydrogen-bond donors (Lipinski definition) is 1. The van der Waals surface area contributed by atoms with E-state index in [0.29, 0.717) is 5.92 Å². The van der Waals surface area contributed by atoms with Gasteiger partial charge in [-0.3, -0.25) is 10.1 Å². The van der Waals surface area contributed by atoms with E-state index in [4.69, 9.17) is 5.14 Å². The molecule has 4 rings (SSSR count). The minimum absolute atomic E-state index is 0.107. The molecule has 0 aromatic heterocycles. The molecule has 0 saturated heterocycles. The molecule has 2 bridgehead atoms. The minimum atomic E-state index is -3.79. The molecular formula is C19H20N2O4S. The fourth-order valence-electron chi connectivity index (χ4n) is 4.83. The molecule has 0 radical (unpaired) electrons. The summed E-state index contributed by atoms with van der Waals surface area (Å²) in [6, 6.07) is 12.1. The number of nitrogens with zero attached hydrogens (tertiary/aromatic N) is 1. The van der Waals surface area contributed by atoms with E-state index >= 15 is 0 Å². The van der Waals surface area contributed by atoms with Crippen molar-refractivity contribution in [1.82, 2.24) is 0 Å². The Balaban J connectivity index is 1.77. The zero-order chi connectivity index (χ0) is 18.5. The monoisotopic (exact) mass is 372 g/mol. The fourth-order valence-corrected chi connectivity index (χ4v) is 5.63. The van der Waals surface area contributed by atoms with Crippen molar-refractivity contribution in [1.29, 1.82) is 0 Å². The molecule has 3 atom stereocenters. The number of benzene rings is 2. The molecule has 2 aromatic rings. The van der Waals surface area contributed by atoms with Crippen molar-refractivity contribution in [3.05, 3.63) is 69.3 Å². The molecule has 136 valence electrons. The van der Waals surface area contributed by atoms with Crippen LogP contribution in [0, 0.1) is 22.0 Å². The van der Waals surface area contributed by atoms with E-state index < -0.39 is 10.0 Å². The van der Waals surface area contributed by atoms with Crippen LogP contribution in [-0.4, -0.2) is 13.3 Å². The lowest BCUT2D eigenvalue weighted by atomic mass is 9.82. The van der Waals surface area contributed by atoms with E-state index in [1.165, 1.54) is 0 Å². The van der Waals surface area contributed by atoms with Crippen LogP contribution in [-0.2, 0) is 22.9 Å². The molecule has 0 aliphatic heterocycles. The maximum Gasteiger partial charge on any atom is 0.269 e. The van der Waals surface area contributed by atoms with E-state index in [0.717, 1.165) is 42.4 Å². The van der Waals surface area contributed by atoms with Gasteiger partial charge in [-0.15, -0.1) is 0 Å². The number of nitro benzene ring substituents is 1. The largest absolute Gasteiger partial charge is 0.269 e. The Morgan fingerprint density at radius 3 is 2.31 bits per heavy atom. The highest BCUT2D eigenvalue weighted by molar-refractivity contribution is 7.89. The highest BCUT2D eigenvalue weighted by atomic mass is 32.2. The van der Waals surface area contributed by atoms with Gasteiger partial charge < -0.3 is 0 Å². The van der Waals surface area contributed by atoms with Gasteiger partial charge in [0, 0.05) is 12.1 Å². The van der Waals surface area contributed by atoms with E-state index in [2.05, 4.69) is 0 Å². The lowest BCUT2D eigenvalue weighted by Gasteiger charge is -2.24. The molecule has 2 aliphatic carbocycles. The predicted molar refractivity (Wildman–Crippen MR) is 97.3 cm³/mol. The molecule has 2 N–H and O–H groups in total. The zero-order valence-electron chi connectivity index (χ0n) is 14.2. The first-order chi connectivity index (χ1) is 12.3. The molecule has 1 fully saturated rings. The van der Waals surface area contributed by atoms with Crippen molar-refractivity contribution in [3.63, 3.8) is 0 Å². The second-order valence-electron chi connectivity index (χ2n) is 7.32. The normalized spacial score (nSPS) is 24.7. The first kappa shape index (κ1) is 17.2. The van der Waals surface area contributed by atoms with Crippen LogP contribution < -0.4 is 5.14 Å². The van der Waals surface area contributed by atoms with Gasteiger partial charge >= 0.3 is 0 Å². The quantitative estimate of drug-likeness (QED) is 0.660. The van der Waals surface area contributed by atoms with Gasteiger partial charge in [0.1, 0.15) is 0 Å². The highest BCUT2D eigenvalue weighted by Crippen LogP contribution is 2.51. The Kier molecular flexibility index (Phi) is 4.08.